The lowest BCUT2D eigenvalue weighted by Crippen LogP contribution is -2.44. The topological polar surface area (TPSA) is 111 Å². The highest BCUT2D eigenvalue weighted by Crippen LogP contribution is 2.39. The average Bonchev–Trinajstić information content (AvgIpc) is 3.49. The zero-order valence-corrected chi connectivity index (χ0v) is 20.5. The van der Waals surface area contributed by atoms with E-state index in [1.807, 2.05) is 49.0 Å². The normalized spacial score (nSPS) is 20.1. The van der Waals surface area contributed by atoms with Gasteiger partial charge in [-0.1, -0.05) is 6.07 Å². The van der Waals surface area contributed by atoms with E-state index in [-0.39, 0.29) is 5.92 Å². The Balaban J connectivity index is 1.26. The fourth-order valence-corrected chi connectivity index (χ4v) is 5.43. The van der Waals surface area contributed by atoms with E-state index in [4.69, 9.17) is 0 Å². The Kier molecular flexibility index (Phi) is 5.63. The van der Waals surface area contributed by atoms with E-state index in [2.05, 4.69) is 42.6 Å². The number of aliphatic hydroxyl groups is 2. The van der Waals surface area contributed by atoms with Gasteiger partial charge < -0.3 is 20.4 Å². The molecule has 0 aliphatic carbocycles. The van der Waals surface area contributed by atoms with Gasteiger partial charge in [0.2, 0.25) is 0 Å². The van der Waals surface area contributed by atoms with Gasteiger partial charge in [0.15, 0.2) is 5.65 Å². The first-order valence-corrected chi connectivity index (χ1v) is 12.4. The molecule has 0 radical (unpaired) electrons. The summed E-state index contributed by atoms with van der Waals surface area (Å²) in [5.41, 5.74) is 5.81. The molecule has 186 valence electrons. The number of benzene rings is 1. The second-order valence-corrected chi connectivity index (χ2v) is 10.2. The number of hydrogen-bond acceptors (Lipinski definition) is 8. The highest BCUT2D eigenvalue weighted by molar-refractivity contribution is 5.76. The maximum absolute atomic E-state index is 10.7. The van der Waals surface area contributed by atoms with Crippen LogP contribution in [0.15, 0.2) is 55.2 Å². The van der Waals surface area contributed by atoms with Crippen molar-refractivity contribution in [2.75, 3.05) is 23.3 Å². The summed E-state index contributed by atoms with van der Waals surface area (Å²) in [4.78, 5) is 15.6. The van der Waals surface area contributed by atoms with Crippen molar-refractivity contribution in [3.63, 3.8) is 0 Å². The van der Waals surface area contributed by atoms with Gasteiger partial charge in [-0.15, -0.1) is 0 Å². The Bertz CT molecular complexity index is 1390. The van der Waals surface area contributed by atoms with Crippen LogP contribution in [0.5, 0.6) is 0 Å². The molecule has 5 heterocycles. The van der Waals surface area contributed by atoms with Gasteiger partial charge in [-0.05, 0) is 50.5 Å². The molecule has 1 aromatic carbocycles. The number of imidazole rings is 1. The van der Waals surface area contributed by atoms with Gasteiger partial charge in [0, 0.05) is 54.8 Å². The summed E-state index contributed by atoms with van der Waals surface area (Å²) in [6.07, 6.45) is 10.4. The molecule has 3 aromatic heterocycles. The summed E-state index contributed by atoms with van der Waals surface area (Å²) in [7, 11) is 0. The minimum atomic E-state index is -0.769. The van der Waals surface area contributed by atoms with Crippen molar-refractivity contribution >= 4 is 22.8 Å². The molecule has 0 saturated carbocycles. The molecule has 0 amide bonds. The minimum Gasteiger partial charge on any atom is -0.390 e. The Hall–Kier alpha value is -3.53. The lowest BCUT2D eigenvalue weighted by atomic mass is 9.84. The molecule has 6 rings (SSSR count). The molecule has 2 unspecified atom stereocenters. The first-order valence-electron chi connectivity index (χ1n) is 12.4. The number of piperidine rings is 1. The van der Waals surface area contributed by atoms with Crippen molar-refractivity contribution in [2.24, 2.45) is 5.92 Å². The molecule has 1 fully saturated rings. The minimum absolute atomic E-state index is 0.239. The molecular weight excluding hydrogens is 454 g/mol. The molecule has 2 aliphatic heterocycles. The molecule has 1 saturated heterocycles. The van der Waals surface area contributed by atoms with Crippen molar-refractivity contribution in [1.29, 1.82) is 0 Å². The van der Waals surface area contributed by atoms with Crippen LogP contribution in [-0.2, 0) is 6.54 Å². The van der Waals surface area contributed by atoms with Crippen molar-refractivity contribution in [3.8, 4) is 11.3 Å². The van der Waals surface area contributed by atoms with E-state index in [0.717, 1.165) is 65.3 Å². The van der Waals surface area contributed by atoms with Gasteiger partial charge >= 0.3 is 0 Å². The number of rotatable bonds is 5. The van der Waals surface area contributed by atoms with Crippen LogP contribution < -0.4 is 15.5 Å². The van der Waals surface area contributed by atoms with Gasteiger partial charge in [0.25, 0.3) is 0 Å². The summed E-state index contributed by atoms with van der Waals surface area (Å²) in [6, 6.07) is 8.08. The number of anilines is 3. The van der Waals surface area contributed by atoms with Gasteiger partial charge in [0.05, 0.1) is 35.6 Å². The molecule has 0 spiro atoms. The van der Waals surface area contributed by atoms with Crippen LogP contribution in [0.4, 0.5) is 17.2 Å². The molecule has 2 atom stereocenters. The van der Waals surface area contributed by atoms with Crippen LogP contribution in [0.25, 0.3) is 16.9 Å². The maximum atomic E-state index is 10.7. The number of pyridine rings is 1. The monoisotopic (exact) mass is 485 g/mol. The zero-order valence-electron chi connectivity index (χ0n) is 20.5. The van der Waals surface area contributed by atoms with Crippen LogP contribution in [-0.4, -0.2) is 48.3 Å². The molecule has 4 N–H and O–H groups in total. The fourth-order valence-electron chi connectivity index (χ4n) is 5.43. The molecule has 4 aromatic rings. The second-order valence-electron chi connectivity index (χ2n) is 10.2. The molecule has 2 aliphatic rings. The number of fused-ring (bicyclic) bond motifs is 2. The standard InChI is InChI=1S/C27H31N7O2/c1-27(2,36)17-4-3-10-33(16-17)18-5-8-23(29-12-18)32-21-7-6-19(20-13-31-26(35)25(20)21)22-14-30-24-15-28-9-11-34(22)24/h5-9,11-12,14-15,17,26,31,35-36H,3-4,10,13,16H2,1-2H3,(H,29,32). The molecule has 36 heavy (non-hydrogen) atoms. The SMILES string of the molecule is CC(C)(O)C1CCCN(c2ccc(Nc3ccc(-c4cnc5cnccn45)c4c3C(O)NC4)nc2)C1. The first-order chi connectivity index (χ1) is 17.4. The van der Waals surface area contributed by atoms with Gasteiger partial charge in [0.1, 0.15) is 12.0 Å². The van der Waals surface area contributed by atoms with E-state index in [9.17, 15) is 10.2 Å². The molecule has 9 nitrogen and oxygen atoms in total. The summed E-state index contributed by atoms with van der Waals surface area (Å²) in [5, 5.41) is 27.8. The van der Waals surface area contributed by atoms with Crippen LogP contribution in [0.3, 0.4) is 0 Å². The summed E-state index contributed by atoms with van der Waals surface area (Å²) >= 11 is 0. The maximum Gasteiger partial charge on any atom is 0.155 e. The third-order valence-electron chi connectivity index (χ3n) is 7.49. The van der Waals surface area contributed by atoms with Crippen LogP contribution in [0.1, 0.15) is 44.0 Å². The zero-order chi connectivity index (χ0) is 24.9. The first kappa shape index (κ1) is 22.9. The van der Waals surface area contributed by atoms with Gasteiger partial charge in [-0.2, -0.15) is 0 Å². The highest BCUT2D eigenvalue weighted by Gasteiger charge is 2.31. The van der Waals surface area contributed by atoms with E-state index in [0.29, 0.717) is 12.4 Å². The number of hydrogen-bond donors (Lipinski definition) is 4. The third kappa shape index (κ3) is 4.09. The Morgan fingerprint density at radius 3 is 2.81 bits per heavy atom. The summed E-state index contributed by atoms with van der Waals surface area (Å²) < 4.78 is 2.00. The van der Waals surface area contributed by atoms with E-state index < -0.39 is 11.8 Å². The summed E-state index contributed by atoms with van der Waals surface area (Å²) in [5.74, 6) is 0.952. The van der Waals surface area contributed by atoms with E-state index in [1.165, 1.54) is 0 Å². The van der Waals surface area contributed by atoms with Crippen molar-refractivity contribution in [2.45, 2.75) is 45.1 Å². The predicted octanol–water partition coefficient (Wildman–Crippen LogP) is 3.62. The number of aliphatic hydroxyl groups excluding tert-OH is 1. The fraction of sp³-hybridized carbons (Fsp3) is 0.370. The summed E-state index contributed by atoms with van der Waals surface area (Å²) in [6.45, 7) is 6.14. The Morgan fingerprint density at radius 1 is 1.11 bits per heavy atom. The van der Waals surface area contributed by atoms with Crippen molar-refractivity contribution < 1.29 is 10.2 Å². The quantitative estimate of drug-likeness (QED) is 0.339. The van der Waals surface area contributed by atoms with E-state index >= 15 is 0 Å². The van der Waals surface area contributed by atoms with E-state index in [1.54, 1.807) is 12.4 Å². The highest BCUT2D eigenvalue weighted by atomic mass is 16.3. The molecular formula is C27H31N7O2. The van der Waals surface area contributed by atoms with Crippen molar-refractivity contribution in [1.82, 2.24) is 24.7 Å². The largest absolute Gasteiger partial charge is 0.390 e. The average molecular weight is 486 g/mol. The smallest absolute Gasteiger partial charge is 0.155 e. The van der Waals surface area contributed by atoms with Gasteiger partial charge in [-0.3, -0.25) is 14.7 Å². The molecule has 9 heteroatoms. The van der Waals surface area contributed by atoms with Crippen molar-refractivity contribution in [3.05, 3.63) is 66.4 Å². The van der Waals surface area contributed by atoms with Crippen LogP contribution in [0, 0.1) is 5.92 Å². The number of nitrogens with one attached hydrogen (secondary N) is 2. The Labute approximate surface area is 209 Å². The lowest BCUT2D eigenvalue weighted by molar-refractivity contribution is 0.0110. The Morgan fingerprint density at radius 2 is 2.00 bits per heavy atom. The van der Waals surface area contributed by atoms with Crippen LogP contribution >= 0.6 is 0 Å². The number of nitrogens with zero attached hydrogens (tertiary/aromatic N) is 5. The predicted molar refractivity (Wildman–Crippen MR) is 139 cm³/mol. The lowest BCUT2D eigenvalue weighted by Gasteiger charge is -2.39. The van der Waals surface area contributed by atoms with Gasteiger partial charge in [-0.25, -0.2) is 9.97 Å². The van der Waals surface area contributed by atoms with Crippen LogP contribution in [0.2, 0.25) is 0 Å². The third-order valence-corrected chi connectivity index (χ3v) is 7.49. The second kappa shape index (κ2) is 8.85. The number of aromatic nitrogens is 4. The molecule has 0 bridgehead atoms.